The minimum absolute atomic E-state index is 0.0672. The fourth-order valence-corrected chi connectivity index (χ4v) is 4.22. The Morgan fingerprint density at radius 3 is 2.49 bits per heavy atom. The number of amidine groups is 1. The first-order chi connectivity index (χ1) is 18.5. The Morgan fingerprint density at radius 1 is 1.15 bits per heavy atom. The maximum absolute atomic E-state index is 14.6. The van der Waals surface area contributed by atoms with Crippen LogP contribution in [0.15, 0.2) is 89.6 Å². The average Bonchev–Trinajstić information content (AvgIpc) is 2.89. The largest absolute Gasteiger partial charge is 0.487 e. The Labute approximate surface area is 228 Å². The molecule has 0 aliphatic heterocycles. The van der Waals surface area contributed by atoms with E-state index in [0.717, 1.165) is 31.2 Å². The number of aliphatic imine (C=N–C) groups is 1. The summed E-state index contributed by atoms with van der Waals surface area (Å²) in [4.78, 5) is 3.90. The Balaban J connectivity index is 1.55. The quantitative estimate of drug-likeness (QED) is 0.0768. The predicted molar refractivity (Wildman–Crippen MR) is 149 cm³/mol. The van der Waals surface area contributed by atoms with E-state index in [1.54, 1.807) is 6.07 Å². The van der Waals surface area contributed by atoms with Gasteiger partial charge in [0.05, 0.1) is 18.3 Å². The molecular weight excluding hydrogens is 508 g/mol. The molecule has 0 bridgehead atoms. The lowest BCUT2D eigenvalue weighted by molar-refractivity contribution is -0.0904. The van der Waals surface area contributed by atoms with Gasteiger partial charge in [-0.05, 0) is 68.2 Å². The van der Waals surface area contributed by atoms with Crippen molar-refractivity contribution < 1.29 is 27.0 Å². The smallest absolute Gasteiger partial charge is 0.418 e. The maximum atomic E-state index is 14.6. The first-order valence-electron chi connectivity index (χ1n) is 13.1. The second-order valence-electron chi connectivity index (χ2n) is 9.85. The number of hydrogen-bond acceptors (Lipinski definition) is 3. The Hall–Kier alpha value is -3.39. The lowest BCUT2D eigenvalue weighted by Crippen LogP contribution is -2.21. The number of anilines is 1. The zero-order chi connectivity index (χ0) is 28.4. The van der Waals surface area contributed by atoms with Crippen LogP contribution in [0.3, 0.4) is 0 Å². The summed E-state index contributed by atoms with van der Waals surface area (Å²) in [7, 11) is 0. The topological polar surface area (TPSA) is 42.8 Å². The molecule has 2 aromatic carbocycles. The van der Waals surface area contributed by atoms with Crippen molar-refractivity contribution in [1.29, 1.82) is 0 Å². The summed E-state index contributed by atoms with van der Waals surface area (Å²) < 4.78 is 66.9. The first kappa shape index (κ1) is 30.2. The zero-order valence-corrected chi connectivity index (χ0v) is 22.5. The fraction of sp³-hybridized carbons (Fsp3) is 0.387. The van der Waals surface area contributed by atoms with E-state index in [4.69, 9.17) is 9.47 Å². The van der Waals surface area contributed by atoms with Crippen LogP contribution in [-0.4, -0.2) is 31.3 Å². The van der Waals surface area contributed by atoms with Gasteiger partial charge in [0.25, 0.3) is 0 Å². The van der Waals surface area contributed by atoms with E-state index < -0.39 is 17.6 Å². The van der Waals surface area contributed by atoms with Gasteiger partial charge in [0.1, 0.15) is 5.84 Å². The third kappa shape index (κ3) is 9.70. The van der Waals surface area contributed by atoms with Crippen LogP contribution in [0.2, 0.25) is 0 Å². The minimum Gasteiger partial charge on any atom is -0.487 e. The molecule has 1 atom stereocenters. The molecule has 39 heavy (non-hydrogen) atoms. The molecule has 2 aromatic rings. The molecule has 1 aliphatic rings. The van der Waals surface area contributed by atoms with E-state index in [0.29, 0.717) is 24.9 Å². The third-order valence-electron chi connectivity index (χ3n) is 6.60. The summed E-state index contributed by atoms with van der Waals surface area (Å²) in [5.74, 6) is -0.0492. The highest BCUT2D eigenvalue weighted by Crippen LogP contribution is 2.31. The van der Waals surface area contributed by atoms with Gasteiger partial charge in [-0.3, -0.25) is 0 Å². The lowest BCUT2D eigenvalue weighted by atomic mass is 9.94. The summed E-state index contributed by atoms with van der Waals surface area (Å²) >= 11 is 0. The third-order valence-corrected chi connectivity index (χ3v) is 6.60. The van der Waals surface area contributed by atoms with Gasteiger partial charge in [-0.2, -0.15) is 13.2 Å². The monoisotopic (exact) mass is 544 g/mol. The van der Waals surface area contributed by atoms with Gasteiger partial charge >= 0.3 is 6.18 Å². The highest BCUT2D eigenvalue weighted by Gasteiger charge is 2.35. The standard InChI is InChI=1S/C31H36F4N2O2/c1-21-10-13-27(14-11-21)39-30-15-12-26(18-29(30)32)37-24(4)36-19-28(31(33,34)35)23(3)20-38-17-16-22(2)25-8-6-5-7-9-25/h5-9,12,15,18-19,22,27H,1,3,10-11,13-14,16-17,20H2,2,4H3,(H,36,37)/b28-19+. The zero-order valence-electron chi connectivity index (χ0n) is 22.5. The number of benzene rings is 2. The molecule has 1 aliphatic carbocycles. The fourth-order valence-electron chi connectivity index (χ4n) is 4.22. The van der Waals surface area contributed by atoms with Crippen molar-refractivity contribution in [3.05, 3.63) is 96.0 Å². The van der Waals surface area contributed by atoms with Crippen molar-refractivity contribution in [1.82, 2.24) is 0 Å². The van der Waals surface area contributed by atoms with Gasteiger partial charge < -0.3 is 14.8 Å². The van der Waals surface area contributed by atoms with Crippen molar-refractivity contribution in [2.45, 2.75) is 64.1 Å². The van der Waals surface area contributed by atoms with Gasteiger partial charge in [-0.1, -0.05) is 56.0 Å². The molecule has 3 rings (SSSR count). The normalized spacial score (nSPS) is 16.2. The number of ether oxygens (including phenoxy) is 2. The van der Waals surface area contributed by atoms with E-state index in [1.165, 1.54) is 24.6 Å². The molecule has 1 N–H and O–H groups in total. The molecule has 0 heterocycles. The molecule has 0 spiro atoms. The molecule has 1 saturated carbocycles. The van der Waals surface area contributed by atoms with Crippen LogP contribution in [-0.2, 0) is 4.74 Å². The number of alkyl halides is 3. The number of rotatable bonds is 11. The van der Waals surface area contributed by atoms with Crippen molar-refractivity contribution >= 4 is 11.5 Å². The van der Waals surface area contributed by atoms with Crippen molar-refractivity contribution in [3.8, 4) is 5.75 Å². The summed E-state index contributed by atoms with van der Waals surface area (Å²) in [5.41, 5.74) is 1.47. The lowest BCUT2D eigenvalue weighted by Gasteiger charge is -2.24. The molecule has 0 radical (unpaired) electrons. The van der Waals surface area contributed by atoms with E-state index in [-0.39, 0.29) is 35.8 Å². The van der Waals surface area contributed by atoms with Crippen molar-refractivity contribution in [2.75, 3.05) is 18.5 Å². The summed E-state index contributed by atoms with van der Waals surface area (Å²) in [6.07, 6.45) is -0.0315. The Kier molecular flexibility index (Phi) is 10.9. The van der Waals surface area contributed by atoms with Crippen LogP contribution in [0.25, 0.3) is 0 Å². The highest BCUT2D eigenvalue weighted by atomic mass is 19.4. The summed E-state index contributed by atoms with van der Waals surface area (Å²) in [6.45, 7) is 11.1. The van der Waals surface area contributed by atoms with Gasteiger partial charge in [0.2, 0.25) is 0 Å². The van der Waals surface area contributed by atoms with E-state index >= 15 is 0 Å². The van der Waals surface area contributed by atoms with Gasteiger partial charge in [0.15, 0.2) is 11.6 Å². The van der Waals surface area contributed by atoms with Gasteiger partial charge in [0, 0.05) is 24.6 Å². The molecule has 0 amide bonds. The summed E-state index contributed by atoms with van der Waals surface area (Å²) in [5, 5.41) is 2.82. The van der Waals surface area contributed by atoms with Crippen LogP contribution >= 0.6 is 0 Å². The molecule has 1 fully saturated rings. The second-order valence-corrected chi connectivity index (χ2v) is 9.85. The molecule has 0 saturated heterocycles. The number of nitrogens with zero attached hydrogens (tertiary/aromatic N) is 1. The number of halogens is 4. The molecule has 0 aromatic heterocycles. The van der Waals surface area contributed by atoms with Crippen LogP contribution in [0.1, 0.15) is 57.4 Å². The van der Waals surface area contributed by atoms with Crippen molar-refractivity contribution in [3.63, 3.8) is 0 Å². The first-order valence-corrected chi connectivity index (χ1v) is 13.1. The molecule has 4 nitrogen and oxygen atoms in total. The van der Waals surface area contributed by atoms with Crippen molar-refractivity contribution in [2.24, 2.45) is 4.99 Å². The number of allylic oxidation sites excluding steroid dienone is 1. The Morgan fingerprint density at radius 2 is 1.85 bits per heavy atom. The minimum atomic E-state index is -4.65. The van der Waals surface area contributed by atoms with Crippen LogP contribution in [0.5, 0.6) is 5.75 Å². The van der Waals surface area contributed by atoms with Crippen LogP contribution in [0, 0.1) is 5.82 Å². The Bertz CT molecular complexity index is 1180. The predicted octanol–water partition coefficient (Wildman–Crippen LogP) is 8.75. The number of nitrogens with one attached hydrogen (secondary N) is 1. The van der Waals surface area contributed by atoms with Crippen LogP contribution in [0.4, 0.5) is 23.2 Å². The molecular formula is C31H36F4N2O2. The van der Waals surface area contributed by atoms with E-state index in [2.05, 4.69) is 23.5 Å². The SMILES string of the molecule is C=C1CCC(Oc2ccc(N/C(C)=N/C=C(\C(=C)COCCC(C)c3ccccc3)C(F)(F)F)cc2F)CC1. The highest BCUT2D eigenvalue weighted by molar-refractivity contribution is 5.94. The summed E-state index contributed by atoms with van der Waals surface area (Å²) in [6, 6.07) is 14.2. The second kappa shape index (κ2) is 14.1. The number of hydrogen-bond donors (Lipinski definition) is 1. The molecule has 210 valence electrons. The molecule has 8 heteroatoms. The maximum Gasteiger partial charge on any atom is 0.418 e. The average molecular weight is 545 g/mol. The van der Waals surface area contributed by atoms with E-state index in [9.17, 15) is 17.6 Å². The van der Waals surface area contributed by atoms with Gasteiger partial charge in [-0.25, -0.2) is 9.38 Å². The van der Waals surface area contributed by atoms with E-state index in [1.807, 2.05) is 37.3 Å². The van der Waals surface area contributed by atoms with Crippen LogP contribution < -0.4 is 10.1 Å². The van der Waals surface area contributed by atoms with Gasteiger partial charge in [-0.15, -0.1) is 0 Å². The molecule has 1 unspecified atom stereocenters.